The van der Waals surface area contributed by atoms with E-state index in [2.05, 4.69) is 64.2 Å². The number of nitrogens with one attached hydrogen (secondary N) is 1. The van der Waals surface area contributed by atoms with Crippen molar-refractivity contribution in [1.29, 1.82) is 0 Å². The van der Waals surface area contributed by atoms with E-state index >= 15 is 0 Å². The van der Waals surface area contributed by atoms with Gasteiger partial charge in [0.05, 0.1) is 26.3 Å². The highest BCUT2D eigenvalue weighted by Crippen LogP contribution is 2.29. The quantitative estimate of drug-likeness (QED) is 0.0917. The molecule has 0 aromatic heterocycles. The van der Waals surface area contributed by atoms with Crippen LogP contribution in [0.5, 0.6) is 0 Å². The van der Waals surface area contributed by atoms with Crippen LogP contribution in [0.4, 0.5) is 0 Å². The molecule has 1 amide bonds. The Hall–Kier alpha value is 0.828. The number of hydrogen-bond donors (Lipinski definition) is 2. The van der Waals surface area contributed by atoms with Crippen molar-refractivity contribution in [1.82, 2.24) is 5.32 Å². The lowest BCUT2D eigenvalue weighted by molar-refractivity contribution is -0.935. The predicted octanol–water partition coefficient (Wildman–Crippen LogP) is 1.78. The fourth-order valence-electron chi connectivity index (χ4n) is 4.84. The largest absolute Gasteiger partial charge is 1.00 e. The zero-order chi connectivity index (χ0) is 28.2. The van der Waals surface area contributed by atoms with E-state index in [1.54, 1.807) is 0 Å². The summed E-state index contributed by atoms with van der Waals surface area (Å²) in [5.41, 5.74) is 0. The average molecular weight is 723 g/mol. The van der Waals surface area contributed by atoms with Gasteiger partial charge in [-0.3, -0.25) is 4.79 Å². The number of ether oxygens (including phenoxy) is 1. The zero-order valence-corrected chi connectivity index (χ0v) is 32.1. The Kier molecular flexibility index (Phi) is 18.1. The molecule has 1 saturated heterocycles. The number of amides is 1. The molecule has 0 aliphatic carbocycles. The first-order valence-electron chi connectivity index (χ1n) is 14.4. The molecule has 0 atom stereocenters. The van der Waals surface area contributed by atoms with Crippen LogP contribution in [0.15, 0.2) is 0 Å². The van der Waals surface area contributed by atoms with E-state index < -0.39 is 33.8 Å². The van der Waals surface area contributed by atoms with Crippen molar-refractivity contribution in [2.24, 2.45) is 0 Å². The first-order valence-corrected chi connectivity index (χ1v) is 26.6. The standard InChI is InChI=1S/C25H58N2O6Si4.HI/c1-34(2,3)31-37(32-35(4,5)6,33-36(7,8)9)24-13-16-26-25(29)15-11-10-12-17-27(18-14-21-28)19-22-30-23-20-27;/h28H,10-24H2,1-9H3;1H. The molecule has 0 spiro atoms. The molecule has 0 unspecified atom stereocenters. The number of aliphatic hydroxyl groups is 1. The lowest BCUT2D eigenvalue weighted by Gasteiger charge is -2.43. The molecule has 228 valence electrons. The Morgan fingerprint density at radius 3 is 1.76 bits per heavy atom. The maximum Gasteiger partial charge on any atom is 0.469 e. The number of halogens is 1. The van der Waals surface area contributed by atoms with Gasteiger partial charge >= 0.3 is 8.80 Å². The Balaban J connectivity index is 0.0000137. The molecule has 0 radical (unpaired) electrons. The van der Waals surface area contributed by atoms with E-state index in [1.807, 2.05) is 0 Å². The van der Waals surface area contributed by atoms with Crippen molar-refractivity contribution in [3.63, 3.8) is 0 Å². The van der Waals surface area contributed by atoms with Crippen molar-refractivity contribution < 1.29 is 55.4 Å². The molecule has 0 saturated carbocycles. The maximum atomic E-state index is 12.5. The minimum Gasteiger partial charge on any atom is -1.00 e. The van der Waals surface area contributed by atoms with Crippen LogP contribution in [0.3, 0.4) is 0 Å². The Labute approximate surface area is 255 Å². The van der Waals surface area contributed by atoms with E-state index in [0.717, 1.165) is 82.0 Å². The van der Waals surface area contributed by atoms with E-state index in [1.165, 1.54) is 0 Å². The Morgan fingerprint density at radius 1 is 0.789 bits per heavy atom. The summed E-state index contributed by atoms with van der Waals surface area (Å²) in [4.78, 5) is 12.5. The number of unbranched alkanes of at least 4 members (excludes halogenated alkanes) is 2. The monoisotopic (exact) mass is 722 g/mol. The summed E-state index contributed by atoms with van der Waals surface area (Å²) < 4.78 is 26.8. The lowest BCUT2D eigenvalue weighted by Crippen LogP contribution is -3.00. The Bertz CT molecular complexity index is 625. The van der Waals surface area contributed by atoms with Gasteiger partial charge in [-0.1, -0.05) is 0 Å². The first kappa shape index (κ1) is 38.8. The fraction of sp³-hybridized carbons (Fsp3) is 0.960. The van der Waals surface area contributed by atoms with Gasteiger partial charge in [0.2, 0.25) is 5.91 Å². The SMILES string of the molecule is C[Si](C)(C)O[Si](CCCNC(=O)CCCCC[N+]1(CCCO)CCOCC1)(O[Si](C)(C)C)O[Si](C)(C)C.[I-]. The van der Waals surface area contributed by atoms with Gasteiger partial charge < -0.3 is 56.0 Å². The molecule has 38 heavy (non-hydrogen) atoms. The second kappa shape index (κ2) is 17.7. The van der Waals surface area contributed by atoms with Crippen molar-refractivity contribution in [3.05, 3.63) is 0 Å². The molecule has 2 N–H and O–H groups in total. The van der Waals surface area contributed by atoms with Gasteiger partial charge in [0.15, 0.2) is 25.0 Å². The predicted molar refractivity (Wildman–Crippen MR) is 162 cm³/mol. The van der Waals surface area contributed by atoms with Gasteiger partial charge in [-0.2, -0.15) is 0 Å². The van der Waals surface area contributed by atoms with Crippen LogP contribution in [0.25, 0.3) is 0 Å². The summed E-state index contributed by atoms with van der Waals surface area (Å²) in [6.07, 6.45) is 5.32. The summed E-state index contributed by atoms with van der Waals surface area (Å²) in [6, 6.07) is 0.754. The maximum absolute atomic E-state index is 12.5. The number of carbonyl (C=O) groups excluding carboxylic acids is 1. The molecule has 1 heterocycles. The van der Waals surface area contributed by atoms with Crippen molar-refractivity contribution in [3.8, 4) is 0 Å². The summed E-state index contributed by atoms with van der Waals surface area (Å²) in [5.74, 6) is 0.131. The number of carbonyl (C=O) groups is 1. The minimum absolute atomic E-state index is 0. The normalized spacial score (nSPS) is 16.7. The lowest BCUT2D eigenvalue weighted by atomic mass is 10.1. The molecule has 0 bridgehead atoms. The molecule has 0 aromatic rings. The number of hydrogen-bond acceptors (Lipinski definition) is 6. The van der Waals surface area contributed by atoms with Gasteiger partial charge in [0, 0.05) is 32.0 Å². The molecule has 1 fully saturated rings. The first-order chi connectivity index (χ1) is 17.0. The van der Waals surface area contributed by atoms with Crippen molar-refractivity contribution in [2.75, 3.05) is 52.5 Å². The van der Waals surface area contributed by atoms with Crippen LogP contribution >= 0.6 is 0 Å². The summed E-state index contributed by atoms with van der Waals surface area (Å²) >= 11 is 0. The van der Waals surface area contributed by atoms with Crippen LogP contribution in [0, 0.1) is 0 Å². The number of quaternary nitrogens is 1. The summed E-state index contributed by atoms with van der Waals surface area (Å²) in [7, 11) is -8.47. The second-order valence-corrected chi connectivity index (χ2v) is 30.5. The molecular formula is C25H59IN2O6Si4. The number of aliphatic hydroxyl groups excluding tert-OH is 1. The molecule has 8 nitrogen and oxygen atoms in total. The molecule has 13 heteroatoms. The fourth-order valence-corrected chi connectivity index (χ4v) is 19.5. The number of rotatable bonds is 19. The minimum atomic E-state index is -2.84. The third-order valence-corrected chi connectivity index (χ3v) is 18.2. The number of morpholine rings is 1. The van der Waals surface area contributed by atoms with Crippen LogP contribution in [0.1, 0.15) is 38.5 Å². The highest BCUT2D eigenvalue weighted by Gasteiger charge is 2.49. The van der Waals surface area contributed by atoms with E-state index in [0.29, 0.717) is 13.0 Å². The van der Waals surface area contributed by atoms with Crippen molar-refractivity contribution >= 4 is 39.7 Å². The summed E-state index contributed by atoms with van der Waals surface area (Å²) in [6.45, 7) is 26.5. The number of nitrogens with zero attached hydrogens (tertiary/aromatic N) is 1. The average Bonchev–Trinajstić information content (AvgIpc) is 2.72. The van der Waals surface area contributed by atoms with E-state index in [-0.39, 0.29) is 36.5 Å². The molecule has 1 rings (SSSR count). The van der Waals surface area contributed by atoms with Gasteiger partial charge in [-0.15, -0.1) is 0 Å². The van der Waals surface area contributed by atoms with Crippen LogP contribution in [-0.2, 0) is 21.9 Å². The third kappa shape index (κ3) is 18.3. The smallest absolute Gasteiger partial charge is 0.469 e. The van der Waals surface area contributed by atoms with Crippen LogP contribution in [0.2, 0.25) is 65.0 Å². The topological polar surface area (TPSA) is 86.3 Å². The van der Waals surface area contributed by atoms with E-state index in [4.69, 9.17) is 17.1 Å². The summed E-state index contributed by atoms with van der Waals surface area (Å²) in [5, 5.41) is 12.4. The van der Waals surface area contributed by atoms with Crippen molar-refractivity contribution in [2.45, 2.75) is 103 Å². The van der Waals surface area contributed by atoms with Crippen LogP contribution < -0.4 is 29.3 Å². The van der Waals surface area contributed by atoms with E-state index in [9.17, 15) is 9.90 Å². The highest BCUT2D eigenvalue weighted by molar-refractivity contribution is 6.90. The molecular weight excluding hydrogens is 664 g/mol. The zero-order valence-electron chi connectivity index (χ0n) is 25.9. The second-order valence-electron chi connectivity index (χ2n) is 13.5. The van der Waals surface area contributed by atoms with Gasteiger partial charge in [0.1, 0.15) is 13.1 Å². The van der Waals surface area contributed by atoms with Crippen LogP contribution in [-0.4, -0.2) is 102 Å². The molecule has 1 aliphatic heterocycles. The van der Waals surface area contributed by atoms with Gasteiger partial charge in [-0.25, -0.2) is 0 Å². The molecule has 0 aromatic carbocycles. The van der Waals surface area contributed by atoms with Gasteiger partial charge in [0.25, 0.3) is 0 Å². The third-order valence-electron chi connectivity index (χ3n) is 6.11. The Morgan fingerprint density at radius 2 is 1.29 bits per heavy atom. The highest BCUT2D eigenvalue weighted by atomic mass is 127. The molecule has 1 aliphatic rings. The van der Waals surface area contributed by atoms with Gasteiger partial charge in [-0.05, 0) is 84.6 Å².